The monoisotopic (exact) mass is 651 g/mol. The van der Waals surface area contributed by atoms with Crippen LogP contribution in [0.4, 0.5) is 30.2 Å². The van der Waals surface area contributed by atoms with Gasteiger partial charge < -0.3 is 10.1 Å². The van der Waals surface area contributed by atoms with Gasteiger partial charge in [-0.15, -0.1) is 0 Å². The first kappa shape index (κ1) is 30.2. The molecule has 15 heteroatoms. The Kier molecular flexibility index (Phi) is 8.03. The van der Waals surface area contributed by atoms with Crippen LogP contribution in [0.1, 0.15) is 5.56 Å². The Bertz CT molecular complexity index is 1890. The van der Waals surface area contributed by atoms with Crippen molar-refractivity contribution in [1.82, 2.24) is 0 Å². The number of amides is 1. The first-order chi connectivity index (χ1) is 20.2. The fraction of sp³-hybridized carbons (Fsp3) is 0.107. The second-order valence-electron chi connectivity index (χ2n) is 9.26. The Balaban J connectivity index is 1.32. The lowest BCUT2D eigenvalue weighted by molar-refractivity contribution is -0.137. The van der Waals surface area contributed by atoms with Crippen LogP contribution in [0.3, 0.4) is 0 Å². The van der Waals surface area contributed by atoms with E-state index in [0.29, 0.717) is 11.1 Å². The maximum atomic E-state index is 13.5. The minimum Gasteiger partial charge on any atom is -0.476 e. The first-order valence-corrected chi connectivity index (χ1v) is 15.7. The van der Waals surface area contributed by atoms with Crippen molar-refractivity contribution >= 4 is 54.6 Å². The average molecular weight is 652 g/mol. The van der Waals surface area contributed by atoms with Gasteiger partial charge in [-0.2, -0.15) is 13.2 Å². The molecule has 0 radical (unpaired) electrons. The van der Waals surface area contributed by atoms with Crippen LogP contribution in [0, 0.1) is 0 Å². The summed E-state index contributed by atoms with van der Waals surface area (Å²) in [5.41, 5.74) is -0.889. The highest BCUT2D eigenvalue weighted by molar-refractivity contribution is 7.93. The molecule has 43 heavy (non-hydrogen) atoms. The van der Waals surface area contributed by atoms with E-state index >= 15 is 0 Å². The molecule has 1 heterocycles. The molecule has 4 aromatic rings. The van der Waals surface area contributed by atoms with Crippen LogP contribution in [-0.2, 0) is 31.0 Å². The Morgan fingerprint density at radius 1 is 0.837 bits per heavy atom. The molecule has 0 fully saturated rings. The van der Waals surface area contributed by atoms with Crippen molar-refractivity contribution in [2.45, 2.75) is 22.1 Å². The summed E-state index contributed by atoms with van der Waals surface area (Å²) in [4.78, 5) is 12.9. The van der Waals surface area contributed by atoms with E-state index in [4.69, 9.17) is 16.3 Å². The third-order valence-electron chi connectivity index (χ3n) is 6.30. The predicted octanol–water partition coefficient (Wildman–Crippen LogP) is 5.75. The molecule has 2 N–H and O–H groups in total. The molecule has 1 aliphatic rings. The number of nitrogens with one attached hydrogen (secondary N) is 2. The van der Waals surface area contributed by atoms with Gasteiger partial charge in [0.05, 0.1) is 27.6 Å². The van der Waals surface area contributed by atoms with Crippen molar-refractivity contribution in [3.63, 3.8) is 0 Å². The number of carbonyl (C=O) groups excluding carboxylic acids is 1. The summed E-state index contributed by atoms with van der Waals surface area (Å²) in [6.07, 6.45) is -5.93. The third kappa shape index (κ3) is 6.55. The summed E-state index contributed by atoms with van der Waals surface area (Å²) in [7, 11) is -8.38. The minimum absolute atomic E-state index is 0.0386. The fourth-order valence-corrected chi connectivity index (χ4v) is 6.86. The molecule has 1 atom stereocenters. The number of rotatable bonds is 7. The summed E-state index contributed by atoms with van der Waals surface area (Å²) in [6.45, 7) is -0.360. The van der Waals surface area contributed by atoms with E-state index in [1.165, 1.54) is 48.5 Å². The van der Waals surface area contributed by atoms with E-state index in [9.17, 15) is 34.8 Å². The van der Waals surface area contributed by atoms with Gasteiger partial charge in [0.15, 0.2) is 6.10 Å². The van der Waals surface area contributed by atoms with Gasteiger partial charge in [0.2, 0.25) is 0 Å². The molecule has 0 bridgehead atoms. The van der Waals surface area contributed by atoms with Crippen LogP contribution >= 0.6 is 11.6 Å². The van der Waals surface area contributed by atoms with Crippen LogP contribution in [-0.4, -0.2) is 35.4 Å². The number of ether oxygens (including phenoxy) is 1. The van der Waals surface area contributed by atoms with E-state index in [-0.39, 0.29) is 39.1 Å². The average Bonchev–Trinajstić information content (AvgIpc) is 2.96. The standard InChI is InChI=1S/C28H21ClF3N3O6S2/c29-19-8-12-23(13-9-19)43(39,40)35-17-26(41-25-7-2-1-6-24(25)35)27(36)33-20-10-14-22(15-11-20)42(37,38)34-21-5-3-4-18(16-21)28(30,31)32/h1-16,26,34H,17H2,(H,33,36). The zero-order valence-corrected chi connectivity index (χ0v) is 24.1. The first-order valence-electron chi connectivity index (χ1n) is 12.4. The van der Waals surface area contributed by atoms with Crippen molar-refractivity contribution in [2.24, 2.45) is 0 Å². The quantitative estimate of drug-likeness (QED) is 0.262. The van der Waals surface area contributed by atoms with Gasteiger partial charge in [-0.1, -0.05) is 29.8 Å². The van der Waals surface area contributed by atoms with Crippen molar-refractivity contribution in [3.05, 3.63) is 108 Å². The second kappa shape index (κ2) is 11.4. The summed E-state index contributed by atoms with van der Waals surface area (Å²) < 4.78 is 100. The summed E-state index contributed by atoms with van der Waals surface area (Å²) in [5.74, 6) is -0.544. The van der Waals surface area contributed by atoms with Crippen LogP contribution in [0.2, 0.25) is 5.02 Å². The Hall–Kier alpha value is -4.27. The molecule has 1 amide bonds. The molecule has 0 aromatic heterocycles. The Labute approximate surface area is 250 Å². The molecule has 4 aromatic carbocycles. The van der Waals surface area contributed by atoms with Gasteiger partial charge in [-0.3, -0.25) is 13.8 Å². The molecule has 224 valence electrons. The maximum absolute atomic E-state index is 13.5. The van der Waals surface area contributed by atoms with E-state index in [0.717, 1.165) is 28.6 Å². The lowest BCUT2D eigenvalue weighted by atomic mass is 10.2. The maximum Gasteiger partial charge on any atom is 0.416 e. The highest BCUT2D eigenvalue weighted by atomic mass is 35.5. The number of carbonyl (C=O) groups is 1. The van der Waals surface area contributed by atoms with Gasteiger partial charge in [-0.25, -0.2) is 16.8 Å². The highest BCUT2D eigenvalue weighted by Gasteiger charge is 2.37. The van der Waals surface area contributed by atoms with Gasteiger partial charge in [0, 0.05) is 16.4 Å². The topological polar surface area (TPSA) is 122 Å². The largest absolute Gasteiger partial charge is 0.476 e. The Morgan fingerprint density at radius 3 is 2.16 bits per heavy atom. The minimum atomic E-state index is -4.65. The van der Waals surface area contributed by atoms with E-state index in [1.807, 2.05) is 0 Å². The number of sulfonamides is 2. The van der Waals surface area contributed by atoms with Gasteiger partial charge in [0.1, 0.15) is 5.75 Å². The highest BCUT2D eigenvalue weighted by Crippen LogP contribution is 2.37. The summed E-state index contributed by atoms with van der Waals surface area (Å²) in [5, 5.41) is 2.92. The molecular formula is C28H21ClF3N3O6S2. The van der Waals surface area contributed by atoms with Crippen LogP contribution in [0.25, 0.3) is 0 Å². The zero-order chi connectivity index (χ0) is 31.0. The third-order valence-corrected chi connectivity index (χ3v) is 9.75. The number of benzene rings is 4. The molecule has 0 aliphatic carbocycles. The molecule has 1 aliphatic heterocycles. The van der Waals surface area contributed by atoms with Crippen molar-refractivity contribution in [3.8, 4) is 5.75 Å². The molecule has 0 spiro atoms. The fourth-order valence-electron chi connectivity index (χ4n) is 4.21. The zero-order valence-electron chi connectivity index (χ0n) is 21.7. The molecule has 0 saturated carbocycles. The molecule has 1 unspecified atom stereocenters. The smallest absolute Gasteiger partial charge is 0.416 e. The molecule has 9 nitrogen and oxygen atoms in total. The summed E-state index contributed by atoms with van der Waals surface area (Å²) >= 11 is 5.91. The number of hydrogen-bond donors (Lipinski definition) is 2. The van der Waals surface area contributed by atoms with Crippen molar-refractivity contribution in [1.29, 1.82) is 0 Å². The van der Waals surface area contributed by atoms with Gasteiger partial charge in [-0.05, 0) is 78.9 Å². The number of para-hydroxylation sites is 2. The number of halogens is 4. The van der Waals surface area contributed by atoms with E-state index in [2.05, 4.69) is 10.0 Å². The Morgan fingerprint density at radius 2 is 1.49 bits per heavy atom. The number of alkyl halides is 3. The number of nitrogens with zero attached hydrogens (tertiary/aromatic N) is 1. The SMILES string of the molecule is O=C(Nc1ccc(S(=O)(=O)Nc2cccc(C(F)(F)F)c2)cc1)C1CN(S(=O)(=O)c2ccc(Cl)cc2)c2ccccc2O1. The van der Waals surface area contributed by atoms with Crippen molar-refractivity contribution in [2.75, 3.05) is 20.9 Å². The number of anilines is 3. The number of hydrogen-bond acceptors (Lipinski definition) is 6. The van der Waals surface area contributed by atoms with Crippen LogP contribution in [0.15, 0.2) is 107 Å². The predicted molar refractivity (Wildman–Crippen MR) is 154 cm³/mol. The van der Waals surface area contributed by atoms with Gasteiger partial charge >= 0.3 is 6.18 Å². The normalized spacial score (nSPS) is 15.3. The second-order valence-corrected chi connectivity index (χ2v) is 13.2. The van der Waals surface area contributed by atoms with Crippen LogP contribution in [0.5, 0.6) is 5.75 Å². The molecule has 0 saturated heterocycles. The van der Waals surface area contributed by atoms with E-state index < -0.39 is 43.8 Å². The molecule has 5 rings (SSSR count). The lowest BCUT2D eigenvalue weighted by Gasteiger charge is -2.34. The van der Waals surface area contributed by atoms with Crippen LogP contribution < -0.4 is 19.1 Å². The molecular weight excluding hydrogens is 631 g/mol. The van der Waals surface area contributed by atoms with Gasteiger partial charge in [0.25, 0.3) is 26.0 Å². The summed E-state index contributed by atoms with van der Waals surface area (Å²) in [6, 6.07) is 20.5. The van der Waals surface area contributed by atoms with Crippen molar-refractivity contribution < 1.29 is 39.5 Å². The van der Waals surface area contributed by atoms with E-state index in [1.54, 1.807) is 18.2 Å². The lowest BCUT2D eigenvalue weighted by Crippen LogP contribution is -2.48. The number of fused-ring (bicyclic) bond motifs is 1.